The van der Waals surface area contributed by atoms with Gasteiger partial charge in [-0.2, -0.15) is 10.1 Å². The zero-order valence-corrected chi connectivity index (χ0v) is 33.7. The van der Waals surface area contributed by atoms with Crippen LogP contribution in [0.4, 0.5) is 39.3 Å². The fraction of sp³-hybridized carbons (Fsp3) is 0.429. The number of H-pyrrole nitrogens is 1. The van der Waals surface area contributed by atoms with Gasteiger partial charge >= 0.3 is 0 Å². The third kappa shape index (κ3) is 8.58. The number of benzene rings is 2. The summed E-state index contributed by atoms with van der Waals surface area (Å²) in [6.45, 7) is 11.7. The van der Waals surface area contributed by atoms with Crippen LogP contribution >= 0.6 is 11.6 Å². The molecular formula is C42H50ClFN12O. The summed E-state index contributed by atoms with van der Waals surface area (Å²) in [5.74, 6) is 1.94. The lowest BCUT2D eigenvalue weighted by molar-refractivity contribution is -0.134. The molecule has 57 heavy (non-hydrogen) atoms. The van der Waals surface area contributed by atoms with E-state index in [-0.39, 0.29) is 28.5 Å². The fourth-order valence-corrected chi connectivity index (χ4v) is 8.30. The number of halogens is 2. The highest BCUT2D eigenvalue weighted by Crippen LogP contribution is 2.38. The lowest BCUT2D eigenvalue weighted by atomic mass is 9.86. The molecule has 8 rings (SSSR count). The number of hydrogen-bond donors (Lipinski definition) is 6. The van der Waals surface area contributed by atoms with E-state index in [9.17, 15) is 4.79 Å². The minimum atomic E-state index is -0.663. The summed E-state index contributed by atoms with van der Waals surface area (Å²) in [5.41, 5.74) is 15.2. The number of aromatic amines is 1. The lowest BCUT2D eigenvalue weighted by Crippen LogP contribution is -2.48. The maximum Gasteiger partial charge on any atom is 0.242 e. The number of carbonyl (C=O) groups is 1. The molecule has 5 heterocycles. The van der Waals surface area contributed by atoms with E-state index in [1.807, 2.05) is 31.0 Å². The van der Waals surface area contributed by atoms with E-state index in [4.69, 9.17) is 22.3 Å². The van der Waals surface area contributed by atoms with Crippen molar-refractivity contribution in [2.75, 3.05) is 42.1 Å². The molecule has 0 bridgehead atoms. The molecule has 0 radical (unpaired) electrons. The van der Waals surface area contributed by atoms with Gasteiger partial charge < -0.3 is 31.9 Å². The molecule has 1 amide bonds. The van der Waals surface area contributed by atoms with E-state index >= 15 is 4.39 Å². The Kier molecular flexibility index (Phi) is 10.9. The molecule has 1 aliphatic carbocycles. The number of aryl methyl sites for hydroxylation is 4. The largest absolute Gasteiger partial charge is 0.341 e. The van der Waals surface area contributed by atoms with Crippen molar-refractivity contribution in [1.29, 1.82) is 0 Å². The minimum absolute atomic E-state index is 0.0441. The van der Waals surface area contributed by atoms with Crippen LogP contribution in [0.25, 0.3) is 0 Å². The van der Waals surface area contributed by atoms with Crippen molar-refractivity contribution in [2.45, 2.75) is 90.0 Å². The third-order valence-corrected chi connectivity index (χ3v) is 12.0. The quantitative estimate of drug-likeness (QED) is 0.0782. The minimum Gasteiger partial charge on any atom is -0.341 e. The van der Waals surface area contributed by atoms with E-state index in [2.05, 4.69) is 72.4 Å². The molecule has 2 aliphatic heterocycles. The number of nitrogens with zero attached hydrogens (tertiary/aromatic N) is 6. The Bertz CT molecular complexity index is 2300. The van der Waals surface area contributed by atoms with Crippen LogP contribution < -0.4 is 27.0 Å². The van der Waals surface area contributed by atoms with Gasteiger partial charge in [0.1, 0.15) is 10.8 Å². The monoisotopic (exact) mass is 792 g/mol. The number of anilines is 6. The molecule has 3 fully saturated rings. The first-order valence-electron chi connectivity index (χ1n) is 19.8. The summed E-state index contributed by atoms with van der Waals surface area (Å²) in [7, 11) is 0. The second-order valence-corrected chi connectivity index (χ2v) is 16.4. The number of hydrogen-bond acceptors (Lipinski definition) is 11. The fourth-order valence-electron chi connectivity index (χ4n) is 8.16. The summed E-state index contributed by atoms with van der Waals surface area (Å²) in [6.07, 6.45) is 9.21. The summed E-state index contributed by atoms with van der Waals surface area (Å²) in [4.78, 5) is 32.8. The topological polar surface area (TPSA) is 175 Å². The molecule has 2 aromatic carbocycles. The first-order valence-corrected chi connectivity index (χ1v) is 20.2. The van der Waals surface area contributed by atoms with Crippen LogP contribution in [0.15, 0.2) is 42.7 Å². The zero-order chi connectivity index (χ0) is 39.8. The molecule has 3 aromatic heterocycles. The summed E-state index contributed by atoms with van der Waals surface area (Å²) >= 11 is 6.48. The van der Waals surface area contributed by atoms with Gasteiger partial charge in [0.15, 0.2) is 11.6 Å². The van der Waals surface area contributed by atoms with E-state index in [1.165, 1.54) is 35.7 Å². The SMILES string of the molecule is Cc1cc(C2CCNCC2)c(C)cc1Nc1ncc(Cc2cc(Nc3nc(Nc4cc(C)c(C5CCN(C(=O)C6(N)CC6)CC5)cc4F)ncc3Cl)n[nH]2)c(C)n1. The maximum atomic E-state index is 15.5. The summed E-state index contributed by atoms with van der Waals surface area (Å²) in [6, 6.07) is 9.75. The average Bonchev–Trinajstić information content (AvgIpc) is 3.81. The van der Waals surface area contributed by atoms with Crippen LogP contribution in [0.5, 0.6) is 0 Å². The number of likely N-dealkylation sites (tertiary alicyclic amines) is 1. The van der Waals surface area contributed by atoms with Crippen LogP contribution in [0.2, 0.25) is 5.02 Å². The van der Waals surface area contributed by atoms with Gasteiger partial charge in [0.25, 0.3) is 0 Å². The molecule has 1 saturated carbocycles. The van der Waals surface area contributed by atoms with Crippen LogP contribution in [0, 0.1) is 33.5 Å². The number of aromatic nitrogens is 6. The highest BCUT2D eigenvalue weighted by molar-refractivity contribution is 6.32. The lowest BCUT2D eigenvalue weighted by Gasteiger charge is -2.34. The number of carbonyl (C=O) groups excluding carboxylic acids is 1. The molecule has 5 aromatic rings. The van der Waals surface area contributed by atoms with Crippen LogP contribution in [0.3, 0.4) is 0 Å². The Morgan fingerprint density at radius 3 is 2.23 bits per heavy atom. The van der Waals surface area contributed by atoms with Crippen molar-refractivity contribution in [3.8, 4) is 0 Å². The molecule has 2 saturated heterocycles. The Hall–Kier alpha value is -5.18. The number of amides is 1. The van der Waals surface area contributed by atoms with Gasteiger partial charge in [0, 0.05) is 48.8 Å². The number of nitrogens with two attached hydrogens (primary N) is 1. The zero-order valence-electron chi connectivity index (χ0n) is 32.9. The highest BCUT2D eigenvalue weighted by atomic mass is 35.5. The number of rotatable bonds is 11. The second-order valence-electron chi connectivity index (χ2n) is 16.0. The van der Waals surface area contributed by atoms with Gasteiger partial charge in [0.2, 0.25) is 17.8 Å². The average molecular weight is 793 g/mol. The first-order chi connectivity index (χ1) is 27.4. The number of piperidine rings is 2. The third-order valence-electron chi connectivity index (χ3n) is 11.8. The predicted octanol–water partition coefficient (Wildman–Crippen LogP) is 7.50. The summed E-state index contributed by atoms with van der Waals surface area (Å²) < 4.78 is 15.5. The van der Waals surface area contributed by atoms with Gasteiger partial charge in [-0.15, -0.1) is 0 Å². The molecule has 0 atom stereocenters. The van der Waals surface area contributed by atoms with E-state index in [0.29, 0.717) is 43.0 Å². The molecule has 0 unspecified atom stereocenters. The van der Waals surface area contributed by atoms with E-state index in [0.717, 1.165) is 72.5 Å². The van der Waals surface area contributed by atoms with Crippen molar-refractivity contribution in [3.05, 3.63) is 98.3 Å². The molecule has 0 spiro atoms. The Balaban J connectivity index is 0.882. The molecule has 15 heteroatoms. The Morgan fingerprint density at radius 2 is 1.51 bits per heavy atom. The molecular weight excluding hydrogens is 743 g/mol. The van der Waals surface area contributed by atoms with Gasteiger partial charge in [-0.25, -0.2) is 19.3 Å². The van der Waals surface area contributed by atoms with Gasteiger partial charge in [0.05, 0.1) is 17.4 Å². The maximum absolute atomic E-state index is 15.5. The Labute approximate surface area is 337 Å². The number of nitrogens with one attached hydrogen (secondary N) is 5. The van der Waals surface area contributed by atoms with Gasteiger partial charge in [-0.1, -0.05) is 17.7 Å². The highest BCUT2D eigenvalue weighted by Gasteiger charge is 2.48. The molecule has 3 aliphatic rings. The van der Waals surface area contributed by atoms with Crippen molar-refractivity contribution < 1.29 is 9.18 Å². The second kappa shape index (κ2) is 16.0. The van der Waals surface area contributed by atoms with Crippen LogP contribution in [0.1, 0.15) is 95.1 Å². The van der Waals surface area contributed by atoms with Crippen LogP contribution in [-0.2, 0) is 11.2 Å². The van der Waals surface area contributed by atoms with Crippen molar-refractivity contribution in [2.24, 2.45) is 5.73 Å². The van der Waals surface area contributed by atoms with E-state index in [1.54, 1.807) is 12.1 Å². The van der Waals surface area contributed by atoms with Gasteiger partial charge in [-0.3, -0.25) is 9.89 Å². The standard InChI is InChI=1S/C42H50ClFN12O/c1-23-16-35(25(3)15-31(23)27-5-11-46-12-6-27)50-40-47-21-29(26(4)49-40)18-30-19-37(55-54-30)52-38-33(43)22-48-41(53-38)51-36-17-24(2)32(20-34(36)44)28-7-13-56(14-8-28)39(57)42(45)9-10-42/h15-17,19-22,27-28,46H,5-14,18,45H2,1-4H3,(H,47,49,50)(H3,48,51,52,53,54,55). The van der Waals surface area contributed by atoms with E-state index < -0.39 is 11.4 Å². The normalized spacial score (nSPS) is 17.1. The van der Waals surface area contributed by atoms with Crippen molar-refractivity contribution in [1.82, 2.24) is 40.3 Å². The van der Waals surface area contributed by atoms with Crippen molar-refractivity contribution >= 4 is 52.4 Å². The molecule has 13 nitrogen and oxygen atoms in total. The summed E-state index contributed by atoms with van der Waals surface area (Å²) in [5, 5.41) is 20.8. The molecule has 298 valence electrons. The first kappa shape index (κ1) is 38.7. The smallest absolute Gasteiger partial charge is 0.242 e. The van der Waals surface area contributed by atoms with Gasteiger partial charge in [-0.05, 0) is 143 Å². The molecule has 7 N–H and O–H groups in total. The Morgan fingerprint density at radius 1 is 0.860 bits per heavy atom. The van der Waals surface area contributed by atoms with Crippen LogP contribution in [-0.4, -0.2) is 72.7 Å². The van der Waals surface area contributed by atoms with Crippen molar-refractivity contribution in [3.63, 3.8) is 0 Å². The predicted molar refractivity (Wildman–Crippen MR) is 222 cm³/mol.